The summed E-state index contributed by atoms with van der Waals surface area (Å²) >= 11 is 0.970. The maximum atomic E-state index is 12.9. The van der Waals surface area contributed by atoms with Gasteiger partial charge in [-0.15, -0.1) is 11.3 Å². The second-order valence-corrected chi connectivity index (χ2v) is 6.64. The topological polar surface area (TPSA) is 123 Å². The zero-order valence-corrected chi connectivity index (χ0v) is 15.8. The number of thiophene rings is 1. The van der Waals surface area contributed by atoms with E-state index in [2.05, 4.69) is 15.3 Å². The number of benzene rings is 1. The predicted octanol–water partition coefficient (Wildman–Crippen LogP) is 3.10. The van der Waals surface area contributed by atoms with Crippen molar-refractivity contribution in [3.8, 4) is 17.2 Å². The van der Waals surface area contributed by atoms with E-state index in [0.29, 0.717) is 33.2 Å². The molecule has 28 heavy (non-hydrogen) atoms. The number of carboxylic acids is 1. The Hall–Kier alpha value is -3.60. The Balaban J connectivity index is 1.97. The van der Waals surface area contributed by atoms with Crippen LogP contribution in [0.25, 0.3) is 10.2 Å². The number of amides is 2. The van der Waals surface area contributed by atoms with Gasteiger partial charge in [-0.3, -0.25) is 0 Å². The van der Waals surface area contributed by atoms with Crippen molar-refractivity contribution in [2.24, 2.45) is 0 Å². The lowest BCUT2D eigenvalue weighted by Gasteiger charge is -2.28. The predicted molar refractivity (Wildman–Crippen MR) is 102 cm³/mol. The molecular weight excluding hydrogens is 388 g/mol. The summed E-state index contributed by atoms with van der Waals surface area (Å²) in [5.74, 6) is 0.213. The van der Waals surface area contributed by atoms with Crippen molar-refractivity contribution >= 4 is 50.7 Å². The molecule has 0 fully saturated rings. The minimum Gasteiger partial charge on any atom is -0.493 e. The fourth-order valence-electron chi connectivity index (χ4n) is 3.05. The molecule has 144 valence electrons. The summed E-state index contributed by atoms with van der Waals surface area (Å²) in [7, 11) is 4.42. The molecule has 3 heterocycles. The van der Waals surface area contributed by atoms with Gasteiger partial charge in [0.15, 0.2) is 17.3 Å². The molecule has 11 heteroatoms. The lowest BCUT2D eigenvalue weighted by Crippen LogP contribution is -2.34. The van der Waals surface area contributed by atoms with Crippen molar-refractivity contribution in [1.82, 2.24) is 9.97 Å². The molecule has 1 aliphatic rings. The van der Waals surface area contributed by atoms with Crippen LogP contribution in [0, 0.1) is 0 Å². The minimum atomic E-state index is -1.15. The third-order valence-electron chi connectivity index (χ3n) is 4.22. The molecule has 2 N–H and O–H groups in total. The largest absolute Gasteiger partial charge is 0.493 e. The number of carbonyl (C=O) groups is 2. The summed E-state index contributed by atoms with van der Waals surface area (Å²) in [6.45, 7) is 0. The molecular formula is C17H14N4O6S. The first-order valence-electron chi connectivity index (χ1n) is 7.92. The first kappa shape index (κ1) is 17.8. The Morgan fingerprint density at radius 1 is 1.14 bits per heavy atom. The normalized spacial score (nSPS) is 12.7. The molecule has 1 aromatic carbocycles. The van der Waals surface area contributed by atoms with Gasteiger partial charge in [0.05, 0.1) is 38.1 Å². The van der Waals surface area contributed by atoms with Crippen LogP contribution in [-0.4, -0.2) is 48.4 Å². The molecule has 1 aliphatic heterocycles. The lowest BCUT2D eigenvalue weighted by molar-refractivity contribution is 0.0703. The van der Waals surface area contributed by atoms with Crippen LogP contribution in [0.5, 0.6) is 17.2 Å². The Kier molecular flexibility index (Phi) is 4.15. The Labute approximate surface area is 162 Å². The summed E-state index contributed by atoms with van der Waals surface area (Å²) in [5, 5.41) is 12.5. The highest BCUT2D eigenvalue weighted by Crippen LogP contribution is 2.47. The summed E-state index contributed by atoms with van der Waals surface area (Å²) < 4.78 is 16.0. The van der Waals surface area contributed by atoms with Crippen LogP contribution < -0.4 is 24.4 Å². The summed E-state index contributed by atoms with van der Waals surface area (Å²) in [4.78, 5) is 34.5. The smallest absolute Gasteiger partial charge is 0.348 e. The number of anilines is 3. The van der Waals surface area contributed by atoms with Gasteiger partial charge >= 0.3 is 12.0 Å². The highest BCUT2D eigenvalue weighted by atomic mass is 32.1. The highest BCUT2D eigenvalue weighted by molar-refractivity contribution is 7.21. The molecule has 0 spiro atoms. The summed E-state index contributed by atoms with van der Waals surface area (Å²) in [6.07, 6.45) is 1.28. The number of nitrogens with zero attached hydrogens (tertiary/aromatic N) is 3. The molecule has 0 aliphatic carbocycles. The van der Waals surface area contributed by atoms with E-state index in [1.807, 2.05) is 0 Å². The van der Waals surface area contributed by atoms with Gasteiger partial charge in [0.25, 0.3) is 0 Å². The lowest BCUT2D eigenvalue weighted by atomic mass is 10.2. The quantitative estimate of drug-likeness (QED) is 0.667. The number of carboxylic acid groups (broad SMARTS) is 1. The number of nitrogens with one attached hydrogen (secondary N) is 1. The van der Waals surface area contributed by atoms with E-state index < -0.39 is 12.0 Å². The van der Waals surface area contributed by atoms with Gasteiger partial charge in [0, 0.05) is 12.1 Å². The Morgan fingerprint density at radius 2 is 1.82 bits per heavy atom. The van der Waals surface area contributed by atoms with Gasteiger partial charge in [0.1, 0.15) is 16.0 Å². The van der Waals surface area contributed by atoms with Crippen LogP contribution in [0.2, 0.25) is 0 Å². The van der Waals surface area contributed by atoms with Crippen molar-refractivity contribution < 1.29 is 28.9 Å². The van der Waals surface area contributed by atoms with E-state index in [-0.39, 0.29) is 16.4 Å². The van der Waals surface area contributed by atoms with E-state index in [1.165, 1.54) is 32.6 Å². The molecule has 0 bridgehead atoms. The van der Waals surface area contributed by atoms with Crippen molar-refractivity contribution in [3.05, 3.63) is 23.3 Å². The van der Waals surface area contributed by atoms with E-state index >= 15 is 0 Å². The molecule has 10 nitrogen and oxygen atoms in total. The number of hydrogen-bond acceptors (Lipinski definition) is 8. The van der Waals surface area contributed by atoms with Crippen molar-refractivity contribution in [3.63, 3.8) is 0 Å². The zero-order valence-electron chi connectivity index (χ0n) is 15.0. The van der Waals surface area contributed by atoms with Gasteiger partial charge in [-0.05, 0) is 0 Å². The number of methoxy groups -OCH3 is 3. The molecule has 0 radical (unpaired) electrons. The van der Waals surface area contributed by atoms with Crippen molar-refractivity contribution in [2.75, 3.05) is 31.5 Å². The highest BCUT2D eigenvalue weighted by Gasteiger charge is 2.34. The Morgan fingerprint density at radius 3 is 2.39 bits per heavy atom. The van der Waals surface area contributed by atoms with Gasteiger partial charge < -0.3 is 24.6 Å². The number of urea groups is 1. The SMILES string of the molecule is COc1cc(N2C(=O)Nc3c(C(=O)O)sc4ncnc2c34)cc(OC)c1OC. The summed E-state index contributed by atoms with van der Waals surface area (Å²) in [6, 6.07) is 2.64. The van der Waals surface area contributed by atoms with Gasteiger partial charge in [-0.2, -0.15) is 0 Å². The molecule has 3 aromatic rings. The van der Waals surface area contributed by atoms with Crippen molar-refractivity contribution in [1.29, 1.82) is 0 Å². The second kappa shape index (κ2) is 6.53. The number of hydrogen-bond donors (Lipinski definition) is 2. The monoisotopic (exact) mass is 402 g/mol. The first-order chi connectivity index (χ1) is 13.5. The van der Waals surface area contributed by atoms with E-state index in [9.17, 15) is 14.7 Å². The molecule has 0 saturated carbocycles. The molecule has 4 rings (SSSR count). The molecule has 0 unspecified atom stereocenters. The van der Waals surface area contributed by atoms with Crippen LogP contribution >= 0.6 is 11.3 Å². The van der Waals surface area contributed by atoms with Crippen molar-refractivity contribution in [2.45, 2.75) is 0 Å². The standard InChI is InChI=1S/C17H14N4O6S/c1-25-8-4-7(5-9(26-2)12(8)27-3)21-14-10-11(20-17(21)24)13(16(22)23)28-15(10)19-6-18-14/h4-6H,1-3H3,(H,20,24)(H,22,23). The average molecular weight is 402 g/mol. The zero-order chi connectivity index (χ0) is 20.0. The molecule has 0 saturated heterocycles. The number of aromatic nitrogens is 2. The van der Waals surface area contributed by atoms with Crippen LogP contribution in [-0.2, 0) is 0 Å². The van der Waals surface area contributed by atoms with Gasteiger partial charge in [0.2, 0.25) is 5.75 Å². The fraction of sp³-hybridized carbons (Fsp3) is 0.176. The maximum absolute atomic E-state index is 12.9. The molecule has 0 atom stereocenters. The fourth-order valence-corrected chi connectivity index (χ4v) is 3.98. The number of aromatic carboxylic acids is 1. The second-order valence-electron chi connectivity index (χ2n) is 5.64. The third kappa shape index (κ3) is 2.47. The third-order valence-corrected chi connectivity index (χ3v) is 5.30. The Bertz CT molecular complexity index is 1100. The van der Waals surface area contributed by atoms with E-state index in [0.717, 1.165) is 11.3 Å². The van der Waals surface area contributed by atoms with Crippen LogP contribution in [0.3, 0.4) is 0 Å². The van der Waals surface area contributed by atoms with Crippen LogP contribution in [0.1, 0.15) is 9.67 Å². The van der Waals surface area contributed by atoms with Crippen LogP contribution in [0.4, 0.5) is 22.0 Å². The first-order valence-corrected chi connectivity index (χ1v) is 8.73. The van der Waals surface area contributed by atoms with Crippen LogP contribution in [0.15, 0.2) is 18.5 Å². The average Bonchev–Trinajstić information content (AvgIpc) is 3.07. The van der Waals surface area contributed by atoms with Gasteiger partial charge in [-0.1, -0.05) is 0 Å². The number of rotatable bonds is 5. The summed E-state index contributed by atoms with van der Waals surface area (Å²) in [5.41, 5.74) is 0.595. The minimum absolute atomic E-state index is 0.00496. The molecule has 2 amide bonds. The van der Waals surface area contributed by atoms with E-state index in [1.54, 1.807) is 12.1 Å². The van der Waals surface area contributed by atoms with E-state index in [4.69, 9.17) is 14.2 Å². The number of carbonyl (C=O) groups excluding carboxylic acids is 1. The van der Waals surface area contributed by atoms with Gasteiger partial charge in [-0.25, -0.2) is 24.5 Å². The number of ether oxygens (including phenoxy) is 3. The maximum Gasteiger partial charge on any atom is 0.348 e. The molecule has 2 aromatic heterocycles.